The summed E-state index contributed by atoms with van der Waals surface area (Å²) in [5.74, 6) is 2.07. The topological polar surface area (TPSA) is 75.2 Å². The van der Waals surface area contributed by atoms with Gasteiger partial charge in [-0.2, -0.15) is 0 Å². The number of halogens is 1. The number of guanidine groups is 1. The van der Waals surface area contributed by atoms with E-state index in [4.69, 9.17) is 9.47 Å². The maximum Gasteiger partial charge on any atom is 0.225 e. The zero-order valence-electron chi connectivity index (χ0n) is 17.9. The van der Waals surface area contributed by atoms with Gasteiger partial charge in [0.2, 0.25) is 5.91 Å². The molecule has 1 amide bonds. The molecule has 3 aliphatic rings. The average Bonchev–Trinajstić information content (AvgIpc) is 3.47. The molecule has 1 saturated carbocycles. The summed E-state index contributed by atoms with van der Waals surface area (Å²) in [5.41, 5.74) is 0. The molecular formula is C21H39IN4O3. The number of nitrogens with zero attached hydrogens (tertiary/aromatic N) is 2. The predicted molar refractivity (Wildman–Crippen MR) is 126 cm³/mol. The molecule has 3 rings (SSSR count). The van der Waals surface area contributed by atoms with E-state index in [0.717, 1.165) is 90.7 Å². The van der Waals surface area contributed by atoms with Crippen LogP contribution in [0.25, 0.3) is 0 Å². The molecule has 0 bridgehead atoms. The zero-order valence-corrected chi connectivity index (χ0v) is 20.2. The molecule has 0 aromatic carbocycles. The van der Waals surface area contributed by atoms with Gasteiger partial charge in [0, 0.05) is 57.3 Å². The van der Waals surface area contributed by atoms with Gasteiger partial charge < -0.3 is 25.0 Å². The van der Waals surface area contributed by atoms with Crippen LogP contribution in [0.4, 0.5) is 0 Å². The lowest BCUT2D eigenvalue weighted by Crippen LogP contribution is -2.45. The summed E-state index contributed by atoms with van der Waals surface area (Å²) in [6.07, 6.45) is 7.61. The van der Waals surface area contributed by atoms with Crippen molar-refractivity contribution >= 4 is 35.8 Å². The average molecular weight is 522 g/mol. The summed E-state index contributed by atoms with van der Waals surface area (Å²) >= 11 is 0. The van der Waals surface area contributed by atoms with Gasteiger partial charge in [-0.25, -0.2) is 0 Å². The fraction of sp³-hybridized carbons (Fsp3) is 0.905. The summed E-state index contributed by atoms with van der Waals surface area (Å²) in [7, 11) is 0. The number of amides is 1. The monoisotopic (exact) mass is 522 g/mol. The Bertz CT molecular complexity index is 508. The highest BCUT2D eigenvalue weighted by atomic mass is 127. The van der Waals surface area contributed by atoms with Crippen molar-refractivity contribution in [3.63, 3.8) is 0 Å². The molecule has 3 fully saturated rings. The van der Waals surface area contributed by atoms with Gasteiger partial charge in [0.05, 0.1) is 13.2 Å². The van der Waals surface area contributed by atoms with Gasteiger partial charge in [-0.05, 0) is 39.0 Å². The molecule has 2 aliphatic heterocycles. The van der Waals surface area contributed by atoms with Crippen molar-refractivity contribution in [3.05, 3.63) is 0 Å². The van der Waals surface area contributed by atoms with E-state index in [1.807, 2.05) is 0 Å². The van der Waals surface area contributed by atoms with Crippen molar-refractivity contribution in [2.45, 2.75) is 57.9 Å². The van der Waals surface area contributed by atoms with Crippen LogP contribution in [0.3, 0.4) is 0 Å². The molecule has 1 aliphatic carbocycles. The predicted octanol–water partition coefficient (Wildman–Crippen LogP) is 2.39. The molecule has 168 valence electrons. The van der Waals surface area contributed by atoms with Crippen LogP contribution in [-0.2, 0) is 14.3 Å². The molecule has 29 heavy (non-hydrogen) atoms. The Morgan fingerprint density at radius 1 is 1.24 bits per heavy atom. The highest BCUT2D eigenvalue weighted by Gasteiger charge is 2.32. The van der Waals surface area contributed by atoms with E-state index in [-0.39, 0.29) is 29.9 Å². The van der Waals surface area contributed by atoms with Crippen LogP contribution in [0, 0.1) is 11.8 Å². The van der Waals surface area contributed by atoms with Gasteiger partial charge in [0.1, 0.15) is 0 Å². The number of likely N-dealkylation sites (tertiary alicyclic amines) is 1. The quantitative estimate of drug-likeness (QED) is 0.211. The van der Waals surface area contributed by atoms with E-state index < -0.39 is 0 Å². The number of carbonyl (C=O) groups excluding carboxylic acids is 1. The zero-order chi connectivity index (χ0) is 19.6. The summed E-state index contributed by atoms with van der Waals surface area (Å²) in [4.78, 5) is 19.3. The Morgan fingerprint density at radius 3 is 2.79 bits per heavy atom. The van der Waals surface area contributed by atoms with Crippen LogP contribution in [0.1, 0.15) is 51.9 Å². The molecule has 2 unspecified atom stereocenters. The van der Waals surface area contributed by atoms with Crippen molar-refractivity contribution in [3.8, 4) is 0 Å². The van der Waals surface area contributed by atoms with Crippen molar-refractivity contribution in [1.29, 1.82) is 0 Å². The number of rotatable bonds is 9. The Labute approximate surface area is 192 Å². The molecule has 0 aromatic heterocycles. The standard InChI is InChI=1S/C21H38N4O3.HI/c1-2-22-21(23-10-5-12-27-15-17-9-13-28-16-17)24-19-8-11-25(14-19)20(26)18-6-3-4-7-18;/h17-19H,2-16H2,1H3,(H2,22,23,24);1H. The first-order valence-electron chi connectivity index (χ1n) is 11.3. The Morgan fingerprint density at radius 2 is 2.07 bits per heavy atom. The normalized spacial score (nSPS) is 25.3. The lowest BCUT2D eigenvalue weighted by atomic mass is 10.1. The number of carbonyl (C=O) groups is 1. The maximum absolute atomic E-state index is 12.6. The SMILES string of the molecule is CCNC(=NCCCOCC1CCOC1)NC1CCN(C(=O)C2CCCC2)C1.I. The molecular weight excluding hydrogens is 483 g/mol. The van der Waals surface area contributed by atoms with Crippen LogP contribution in [0.2, 0.25) is 0 Å². The third kappa shape index (κ3) is 8.20. The molecule has 2 heterocycles. The van der Waals surface area contributed by atoms with Crippen LogP contribution in [0.5, 0.6) is 0 Å². The van der Waals surface area contributed by atoms with E-state index in [1.54, 1.807) is 0 Å². The highest BCUT2D eigenvalue weighted by molar-refractivity contribution is 14.0. The fourth-order valence-electron chi connectivity index (χ4n) is 4.34. The first-order chi connectivity index (χ1) is 13.8. The summed E-state index contributed by atoms with van der Waals surface area (Å²) in [6, 6.07) is 0.293. The van der Waals surface area contributed by atoms with E-state index in [2.05, 4.69) is 27.4 Å². The Kier molecular flexibility index (Phi) is 11.6. The fourth-order valence-corrected chi connectivity index (χ4v) is 4.34. The van der Waals surface area contributed by atoms with Gasteiger partial charge in [-0.15, -0.1) is 24.0 Å². The lowest BCUT2D eigenvalue weighted by molar-refractivity contribution is -0.134. The number of hydrogen-bond donors (Lipinski definition) is 2. The second kappa shape index (κ2) is 13.6. The van der Waals surface area contributed by atoms with Crippen LogP contribution >= 0.6 is 24.0 Å². The van der Waals surface area contributed by atoms with E-state index in [1.165, 1.54) is 12.8 Å². The van der Waals surface area contributed by atoms with Gasteiger partial charge in [0.15, 0.2) is 5.96 Å². The lowest BCUT2D eigenvalue weighted by Gasteiger charge is -2.21. The molecule has 8 heteroatoms. The molecule has 2 saturated heterocycles. The maximum atomic E-state index is 12.6. The number of nitrogens with one attached hydrogen (secondary N) is 2. The van der Waals surface area contributed by atoms with Gasteiger partial charge in [-0.3, -0.25) is 9.79 Å². The largest absolute Gasteiger partial charge is 0.381 e. The molecule has 7 nitrogen and oxygen atoms in total. The Balaban J connectivity index is 0.00000300. The minimum Gasteiger partial charge on any atom is -0.381 e. The van der Waals surface area contributed by atoms with Crippen molar-refractivity contribution < 1.29 is 14.3 Å². The number of aliphatic imine (C=N–C) groups is 1. The minimum atomic E-state index is 0. The summed E-state index contributed by atoms with van der Waals surface area (Å²) in [6.45, 7) is 8.58. The molecule has 0 aromatic rings. The van der Waals surface area contributed by atoms with Gasteiger partial charge in [0.25, 0.3) is 0 Å². The van der Waals surface area contributed by atoms with E-state index in [0.29, 0.717) is 17.9 Å². The van der Waals surface area contributed by atoms with Gasteiger partial charge >= 0.3 is 0 Å². The minimum absolute atomic E-state index is 0. The van der Waals surface area contributed by atoms with Crippen LogP contribution < -0.4 is 10.6 Å². The van der Waals surface area contributed by atoms with E-state index in [9.17, 15) is 4.79 Å². The van der Waals surface area contributed by atoms with Gasteiger partial charge in [-0.1, -0.05) is 12.8 Å². The van der Waals surface area contributed by atoms with E-state index >= 15 is 0 Å². The third-order valence-corrected chi connectivity index (χ3v) is 5.98. The molecule has 2 atom stereocenters. The van der Waals surface area contributed by atoms with Crippen molar-refractivity contribution in [2.24, 2.45) is 16.8 Å². The second-order valence-corrected chi connectivity index (χ2v) is 8.31. The Hall–Kier alpha value is -0.610. The first kappa shape index (κ1) is 24.7. The molecule has 2 N–H and O–H groups in total. The highest BCUT2D eigenvalue weighted by Crippen LogP contribution is 2.27. The third-order valence-electron chi connectivity index (χ3n) is 5.98. The summed E-state index contributed by atoms with van der Waals surface area (Å²) in [5, 5.41) is 6.84. The molecule has 0 radical (unpaired) electrons. The molecule has 0 spiro atoms. The van der Waals surface area contributed by atoms with Crippen LogP contribution in [-0.4, -0.2) is 75.4 Å². The van der Waals surface area contributed by atoms with Crippen molar-refractivity contribution in [2.75, 3.05) is 52.6 Å². The van der Waals surface area contributed by atoms with Crippen molar-refractivity contribution in [1.82, 2.24) is 15.5 Å². The number of ether oxygens (including phenoxy) is 2. The smallest absolute Gasteiger partial charge is 0.225 e. The van der Waals surface area contributed by atoms with Crippen LogP contribution in [0.15, 0.2) is 4.99 Å². The first-order valence-corrected chi connectivity index (χ1v) is 11.3. The number of hydrogen-bond acceptors (Lipinski definition) is 4. The summed E-state index contributed by atoms with van der Waals surface area (Å²) < 4.78 is 11.1. The second-order valence-electron chi connectivity index (χ2n) is 8.31.